The van der Waals surface area contributed by atoms with Gasteiger partial charge in [0.15, 0.2) is 17.1 Å². The van der Waals surface area contributed by atoms with Crippen LogP contribution in [0.4, 0.5) is 0 Å². The van der Waals surface area contributed by atoms with Crippen molar-refractivity contribution in [3.05, 3.63) is 36.4 Å². The average Bonchev–Trinajstić information content (AvgIpc) is 3.19. The molecule has 1 N–H and O–H groups in total. The molecule has 0 saturated heterocycles. The minimum Gasteiger partial charge on any atom is -0.505 e. The third kappa shape index (κ3) is 2.06. The fraction of sp³-hybridized carbons (Fsp3) is 0.235. The monoisotopic (exact) mass is 350 g/mol. The van der Waals surface area contributed by atoms with Gasteiger partial charge in [0.25, 0.3) is 0 Å². The predicted octanol–water partition coefficient (Wildman–Crippen LogP) is 1.97. The summed E-state index contributed by atoms with van der Waals surface area (Å²) in [7, 11) is 1.25. The SMILES string of the molecule is COC(=O)c1c(O)c2ccc(-c3cn(C4CC4)nn3)cc2c2ncnn12. The Bertz CT molecular complexity index is 1170. The van der Waals surface area contributed by atoms with Gasteiger partial charge in [-0.3, -0.25) is 0 Å². The zero-order chi connectivity index (χ0) is 17.8. The normalized spacial score (nSPS) is 14.2. The van der Waals surface area contributed by atoms with Crippen molar-refractivity contribution in [2.45, 2.75) is 18.9 Å². The molecule has 0 bridgehead atoms. The Hall–Kier alpha value is -3.49. The fourth-order valence-corrected chi connectivity index (χ4v) is 3.12. The Balaban J connectivity index is 1.74. The number of methoxy groups -OCH3 is 1. The Morgan fingerprint density at radius 2 is 2.15 bits per heavy atom. The molecule has 0 atom stereocenters. The van der Waals surface area contributed by atoms with Gasteiger partial charge in [-0.25, -0.2) is 19.0 Å². The molecule has 0 spiro atoms. The van der Waals surface area contributed by atoms with Gasteiger partial charge in [0.2, 0.25) is 0 Å². The maximum absolute atomic E-state index is 12.1. The van der Waals surface area contributed by atoms with Crippen LogP contribution in [-0.4, -0.2) is 47.8 Å². The highest BCUT2D eigenvalue weighted by atomic mass is 16.5. The molecule has 1 saturated carbocycles. The average molecular weight is 350 g/mol. The number of hydrogen-bond donors (Lipinski definition) is 1. The lowest BCUT2D eigenvalue weighted by Crippen LogP contribution is -2.10. The number of benzene rings is 1. The number of nitrogens with zero attached hydrogens (tertiary/aromatic N) is 6. The minimum absolute atomic E-state index is 0.0556. The zero-order valence-corrected chi connectivity index (χ0v) is 13.8. The summed E-state index contributed by atoms with van der Waals surface area (Å²) >= 11 is 0. The maximum atomic E-state index is 12.1. The van der Waals surface area contributed by atoms with Crippen molar-refractivity contribution in [3.63, 3.8) is 0 Å². The number of esters is 1. The molecule has 1 aliphatic rings. The zero-order valence-electron chi connectivity index (χ0n) is 13.8. The molecule has 9 heteroatoms. The number of rotatable bonds is 3. The van der Waals surface area contributed by atoms with E-state index in [1.54, 1.807) is 6.07 Å². The summed E-state index contributed by atoms with van der Waals surface area (Å²) in [5, 5.41) is 24.2. The highest BCUT2D eigenvalue weighted by Gasteiger charge is 2.26. The number of carbonyl (C=O) groups excluding carboxylic acids is 1. The first-order chi connectivity index (χ1) is 12.7. The van der Waals surface area contributed by atoms with E-state index in [0.29, 0.717) is 22.5 Å². The number of hydrogen-bond acceptors (Lipinski definition) is 7. The molecule has 1 fully saturated rings. The Morgan fingerprint density at radius 3 is 2.92 bits per heavy atom. The van der Waals surface area contributed by atoms with Crippen molar-refractivity contribution < 1.29 is 14.6 Å². The molecule has 5 rings (SSSR count). The molecule has 9 nitrogen and oxygen atoms in total. The number of aromatic hydroxyl groups is 1. The summed E-state index contributed by atoms with van der Waals surface area (Å²) in [6, 6.07) is 5.88. The van der Waals surface area contributed by atoms with Gasteiger partial charge in [0, 0.05) is 16.3 Å². The molecule has 3 aromatic heterocycles. The van der Waals surface area contributed by atoms with Crippen molar-refractivity contribution in [1.82, 2.24) is 29.6 Å². The molecule has 1 aliphatic carbocycles. The second kappa shape index (κ2) is 5.25. The summed E-state index contributed by atoms with van der Waals surface area (Å²) in [5.41, 5.74) is 1.99. The molecule has 0 amide bonds. The number of aromatic nitrogens is 6. The highest BCUT2D eigenvalue weighted by Crippen LogP contribution is 2.36. The third-order valence-corrected chi connectivity index (χ3v) is 4.61. The summed E-state index contributed by atoms with van der Waals surface area (Å²) in [4.78, 5) is 16.3. The van der Waals surface area contributed by atoms with E-state index >= 15 is 0 Å². The van der Waals surface area contributed by atoms with Crippen molar-refractivity contribution in [2.75, 3.05) is 7.11 Å². The smallest absolute Gasteiger partial charge is 0.360 e. The molecular weight excluding hydrogens is 336 g/mol. The van der Waals surface area contributed by atoms with E-state index in [2.05, 4.69) is 20.4 Å². The van der Waals surface area contributed by atoms with E-state index < -0.39 is 5.97 Å². The van der Waals surface area contributed by atoms with E-state index in [1.165, 1.54) is 18.0 Å². The Labute approximate surface area is 146 Å². The molecular formula is C17H14N6O3. The van der Waals surface area contributed by atoms with Gasteiger partial charge in [-0.1, -0.05) is 11.3 Å². The number of pyridine rings is 1. The maximum Gasteiger partial charge on any atom is 0.360 e. The van der Waals surface area contributed by atoms with Crippen LogP contribution < -0.4 is 0 Å². The van der Waals surface area contributed by atoms with Gasteiger partial charge in [-0.05, 0) is 25.0 Å². The molecule has 0 aliphatic heterocycles. The van der Waals surface area contributed by atoms with Crippen LogP contribution in [0.15, 0.2) is 30.7 Å². The van der Waals surface area contributed by atoms with Crippen molar-refractivity contribution >= 4 is 22.4 Å². The van der Waals surface area contributed by atoms with E-state index in [0.717, 1.165) is 24.1 Å². The fourth-order valence-electron chi connectivity index (χ4n) is 3.12. The van der Waals surface area contributed by atoms with E-state index in [9.17, 15) is 9.90 Å². The summed E-state index contributed by atoms with van der Waals surface area (Å²) in [6.45, 7) is 0. The summed E-state index contributed by atoms with van der Waals surface area (Å²) < 4.78 is 7.92. The van der Waals surface area contributed by atoms with Crippen LogP contribution in [-0.2, 0) is 4.74 Å². The molecule has 3 heterocycles. The minimum atomic E-state index is -0.684. The molecule has 26 heavy (non-hydrogen) atoms. The van der Waals surface area contributed by atoms with Gasteiger partial charge in [-0.2, -0.15) is 5.10 Å². The van der Waals surface area contributed by atoms with Crippen molar-refractivity contribution in [2.24, 2.45) is 0 Å². The first-order valence-electron chi connectivity index (χ1n) is 8.16. The Kier molecular flexibility index (Phi) is 2.99. The van der Waals surface area contributed by atoms with E-state index in [1.807, 2.05) is 23.0 Å². The van der Waals surface area contributed by atoms with E-state index in [-0.39, 0.29) is 11.4 Å². The quantitative estimate of drug-likeness (QED) is 0.563. The van der Waals surface area contributed by atoms with Gasteiger partial charge in [0.05, 0.1) is 19.3 Å². The van der Waals surface area contributed by atoms with Crippen molar-refractivity contribution in [3.8, 4) is 17.0 Å². The van der Waals surface area contributed by atoms with Crippen LogP contribution in [0.25, 0.3) is 27.7 Å². The van der Waals surface area contributed by atoms with Crippen LogP contribution in [0, 0.1) is 0 Å². The molecule has 130 valence electrons. The molecule has 4 aromatic rings. The van der Waals surface area contributed by atoms with Gasteiger partial charge < -0.3 is 9.84 Å². The molecule has 0 radical (unpaired) electrons. The van der Waals surface area contributed by atoms with Gasteiger partial charge in [-0.15, -0.1) is 5.10 Å². The lowest BCUT2D eigenvalue weighted by Gasteiger charge is -2.10. The van der Waals surface area contributed by atoms with Gasteiger partial charge in [0.1, 0.15) is 12.0 Å². The second-order valence-electron chi connectivity index (χ2n) is 6.26. The van der Waals surface area contributed by atoms with Crippen LogP contribution in [0.1, 0.15) is 29.4 Å². The first-order valence-corrected chi connectivity index (χ1v) is 8.16. The van der Waals surface area contributed by atoms with Crippen LogP contribution in [0.5, 0.6) is 5.75 Å². The largest absolute Gasteiger partial charge is 0.505 e. The number of ether oxygens (including phenoxy) is 1. The summed E-state index contributed by atoms with van der Waals surface area (Å²) in [5.74, 6) is -0.880. The van der Waals surface area contributed by atoms with Crippen LogP contribution >= 0.6 is 0 Å². The lowest BCUT2D eigenvalue weighted by molar-refractivity contribution is 0.0587. The predicted molar refractivity (Wildman–Crippen MR) is 90.8 cm³/mol. The molecule has 0 unspecified atom stereocenters. The second-order valence-corrected chi connectivity index (χ2v) is 6.26. The first kappa shape index (κ1) is 14.8. The highest BCUT2D eigenvalue weighted by molar-refractivity contribution is 6.06. The van der Waals surface area contributed by atoms with Crippen molar-refractivity contribution in [1.29, 1.82) is 0 Å². The standard InChI is InChI=1S/C17H14N6O3/c1-26-17(25)14-15(24)11-5-2-9(6-12(11)16-18-8-19-23(14)16)13-7-22(21-20-13)10-3-4-10/h2,5-8,10,24H,3-4H2,1H3. The lowest BCUT2D eigenvalue weighted by atomic mass is 10.0. The topological polar surface area (TPSA) is 107 Å². The van der Waals surface area contributed by atoms with E-state index in [4.69, 9.17) is 4.74 Å². The molecule has 1 aromatic carbocycles. The number of fused-ring (bicyclic) bond motifs is 3. The third-order valence-electron chi connectivity index (χ3n) is 4.61. The summed E-state index contributed by atoms with van der Waals surface area (Å²) in [6.07, 6.45) is 5.51. The van der Waals surface area contributed by atoms with Crippen LogP contribution in [0.2, 0.25) is 0 Å². The van der Waals surface area contributed by atoms with Gasteiger partial charge >= 0.3 is 5.97 Å². The van der Waals surface area contributed by atoms with Crippen LogP contribution in [0.3, 0.4) is 0 Å². The Morgan fingerprint density at radius 1 is 1.31 bits per heavy atom. The number of carbonyl (C=O) groups is 1.